The molecule has 2 aromatic heterocycles. The van der Waals surface area contributed by atoms with Gasteiger partial charge in [-0.1, -0.05) is 0 Å². The lowest BCUT2D eigenvalue weighted by Crippen LogP contribution is -2.45. The first-order chi connectivity index (χ1) is 18.9. The Hall–Kier alpha value is -3.70. The van der Waals surface area contributed by atoms with Crippen molar-refractivity contribution in [2.24, 2.45) is 4.99 Å². The van der Waals surface area contributed by atoms with E-state index in [1.807, 2.05) is 13.1 Å². The third-order valence-corrected chi connectivity index (χ3v) is 7.62. The Labute approximate surface area is 229 Å². The molecule has 5 rings (SSSR count). The summed E-state index contributed by atoms with van der Waals surface area (Å²) in [5.74, 6) is 0.789. The van der Waals surface area contributed by atoms with Crippen LogP contribution in [0.1, 0.15) is 30.4 Å². The first-order valence-electron chi connectivity index (χ1n) is 13.7. The highest BCUT2D eigenvalue weighted by atomic mass is 16.3. The van der Waals surface area contributed by atoms with Crippen molar-refractivity contribution >= 4 is 40.3 Å². The fourth-order valence-electron chi connectivity index (χ4n) is 5.28. The second kappa shape index (κ2) is 12.0. The minimum atomic E-state index is 0.00235. The molecular weight excluding hydrogens is 494 g/mol. The van der Waals surface area contributed by atoms with Gasteiger partial charge in [0.25, 0.3) is 0 Å². The number of anilines is 2. The molecule has 0 spiro atoms. The molecule has 3 aromatic rings. The lowest BCUT2D eigenvalue weighted by molar-refractivity contribution is -0.130. The van der Waals surface area contributed by atoms with Gasteiger partial charge in [-0.15, -0.1) is 0 Å². The van der Waals surface area contributed by atoms with Gasteiger partial charge in [0.2, 0.25) is 5.91 Å². The monoisotopic (exact) mass is 533 g/mol. The molecule has 2 aliphatic heterocycles. The molecule has 1 amide bonds. The van der Waals surface area contributed by atoms with Crippen molar-refractivity contribution in [3.8, 4) is 5.88 Å². The van der Waals surface area contributed by atoms with Crippen LogP contribution in [0.5, 0.6) is 5.88 Å². The summed E-state index contributed by atoms with van der Waals surface area (Å²) >= 11 is 0. The van der Waals surface area contributed by atoms with Gasteiger partial charge in [-0.3, -0.25) is 9.79 Å². The average molecular weight is 534 g/mol. The fourth-order valence-corrected chi connectivity index (χ4v) is 5.28. The lowest BCUT2D eigenvalue weighted by atomic mass is 10.1. The Morgan fingerprint density at radius 3 is 2.59 bits per heavy atom. The molecule has 0 atom stereocenters. The number of likely N-dealkylation sites (N-methyl/N-ethyl adjacent to an activating group) is 1. The molecule has 1 saturated heterocycles. The fraction of sp³-hybridized carbons (Fsp3) is 0.500. The number of carbonyl (C=O) groups excluding carboxylic acids is 1. The molecule has 1 fully saturated rings. The van der Waals surface area contributed by atoms with Gasteiger partial charge in [0.05, 0.1) is 16.6 Å². The van der Waals surface area contributed by atoms with E-state index in [2.05, 4.69) is 61.2 Å². The minimum Gasteiger partial charge on any atom is -0.494 e. The third-order valence-electron chi connectivity index (χ3n) is 7.62. The van der Waals surface area contributed by atoms with Gasteiger partial charge in [-0.05, 0) is 57.2 Å². The number of carbonyl (C=O) groups is 1. The number of fused-ring (bicyclic) bond motifs is 2. The lowest BCUT2D eigenvalue weighted by Gasteiger charge is -2.35. The second-order valence-corrected chi connectivity index (χ2v) is 10.6. The number of nitrogens with one attached hydrogen (secondary N) is 2. The molecule has 3 N–H and O–H groups in total. The van der Waals surface area contributed by atoms with E-state index in [9.17, 15) is 9.90 Å². The van der Waals surface area contributed by atoms with Gasteiger partial charge in [-0.25, -0.2) is 9.97 Å². The molecular formula is C28H39N9O2. The largest absolute Gasteiger partial charge is 0.494 e. The third kappa shape index (κ3) is 6.31. The van der Waals surface area contributed by atoms with Gasteiger partial charge in [0, 0.05) is 71.2 Å². The van der Waals surface area contributed by atoms with E-state index in [1.54, 1.807) is 11.1 Å². The first kappa shape index (κ1) is 26.9. The van der Waals surface area contributed by atoms with Crippen LogP contribution in [0, 0.1) is 0 Å². The average Bonchev–Trinajstić information content (AvgIpc) is 3.25. The van der Waals surface area contributed by atoms with Crippen LogP contribution in [0.15, 0.2) is 29.5 Å². The maximum absolute atomic E-state index is 12.7. The molecule has 11 nitrogen and oxygen atoms in total. The predicted octanol–water partition coefficient (Wildman–Crippen LogP) is 2.65. The highest BCUT2D eigenvalue weighted by Crippen LogP contribution is 2.31. The topological polar surface area (TPSA) is 116 Å². The molecule has 0 saturated carbocycles. The molecule has 2 bridgehead atoms. The van der Waals surface area contributed by atoms with Crippen molar-refractivity contribution in [1.82, 2.24) is 29.7 Å². The summed E-state index contributed by atoms with van der Waals surface area (Å²) in [4.78, 5) is 38.0. The summed E-state index contributed by atoms with van der Waals surface area (Å²) in [7, 11) is 6.14. The van der Waals surface area contributed by atoms with Gasteiger partial charge in [0.1, 0.15) is 17.8 Å². The number of nitrogens with zero attached hydrogens (tertiary/aromatic N) is 7. The van der Waals surface area contributed by atoms with Crippen molar-refractivity contribution in [3.63, 3.8) is 0 Å². The highest BCUT2D eigenvalue weighted by Gasteiger charge is 2.19. The summed E-state index contributed by atoms with van der Waals surface area (Å²) in [5.41, 5.74) is 4.32. The highest BCUT2D eigenvalue weighted by molar-refractivity contribution is 6.06. The minimum absolute atomic E-state index is 0.00235. The quantitative estimate of drug-likeness (QED) is 0.437. The number of piperazine rings is 1. The predicted molar refractivity (Wildman–Crippen MR) is 155 cm³/mol. The van der Waals surface area contributed by atoms with Crippen LogP contribution < -0.4 is 10.2 Å². The van der Waals surface area contributed by atoms with Crippen LogP contribution in [-0.4, -0.2) is 114 Å². The molecule has 0 unspecified atom stereocenters. The van der Waals surface area contributed by atoms with Crippen molar-refractivity contribution in [1.29, 1.82) is 0 Å². The number of amides is 1. The summed E-state index contributed by atoms with van der Waals surface area (Å²) in [5, 5.41) is 14.7. The smallest absolute Gasteiger partial charge is 0.222 e. The Kier molecular flexibility index (Phi) is 8.27. The number of aromatic nitrogens is 3. The molecule has 0 aliphatic carbocycles. The van der Waals surface area contributed by atoms with E-state index in [4.69, 9.17) is 4.99 Å². The van der Waals surface area contributed by atoms with Gasteiger partial charge >= 0.3 is 0 Å². The number of benzene rings is 1. The Bertz CT molecular complexity index is 1330. The van der Waals surface area contributed by atoms with Crippen LogP contribution in [0.4, 0.5) is 17.2 Å². The molecule has 39 heavy (non-hydrogen) atoms. The number of hydrogen-bond acceptors (Lipinski definition) is 9. The van der Waals surface area contributed by atoms with Crippen LogP contribution in [-0.2, 0) is 11.3 Å². The van der Waals surface area contributed by atoms with E-state index in [0.29, 0.717) is 41.9 Å². The number of aliphatic imine (C=N–C) groups is 1. The molecule has 0 radical (unpaired) electrons. The molecule has 2 aliphatic rings. The van der Waals surface area contributed by atoms with Crippen LogP contribution in [0.25, 0.3) is 11.0 Å². The van der Waals surface area contributed by atoms with E-state index in [1.165, 1.54) is 17.6 Å². The second-order valence-electron chi connectivity index (χ2n) is 10.6. The maximum atomic E-state index is 12.7. The van der Waals surface area contributed by atoms with E-state index >= 15 is 0 Å². The van der Waals surface area contributed by atoms with E-state index in [0.717, 1.165) is 57.8 Å². The van der Waals surface area contributed by atoms with Crippen molar-refractivity contribution < 1.29 is 9.90 Å². The summed E-state index contributed by atoms with van der Waals surface area (Å²) in [6.07, 6.45) is 5.26. The standard InChI is InChI=1S/C28H39N9O2/c1-34-12-14-37(15-13-34)23-8-7-21-16-20(23)18-35(2)10-4-6-24(38)36(3)11-5-9-29-26-25-22(17-30-21)28(39)33-27(25)32-19-31-26/h7-8,16-17,19,39H,4-6,9-15,18H2,1-3H3,(H2,29,31,32,33). The Balaban J connectivity index is 1.50. The number of hydrogen-bond donors (Lipinski definition) is 3. The van der Waals surface area contributed by atoms with Crippen LogP contribution in [0.2, 0.25) is 0 Å². The number of aromatic amines is 1. The molecule has 1 aromatic carbocycles. The first-order valence-corrected chi connectivity index (χ1v) is 13.7. The molecule has 11 heteroatoms. The van der Waals surface area contributed by atoms with Crippen LogP contribution in [0.3, 0.4) is 0 Å². The summed E-state index contributed by atoms with van der Waals surface area (Å²) < 4.78 is 0. The zero-order chi connectivity index (χ0) is 27.4. The SMILES string of the molecule is CN1CCN(c2ccc3cc2CN(C)CCCC(=O)N(C)CCCNc2ncnc4[nH]c(O)c(c24)C=N3)CC1. The van der Waals surface area contributed by atoms with Crippen molar-refractivity contribution in [2.45, 2.75) is 25.8 Å². The Morgan fingerprint density at radius 2 is 1.77 bits per heavy atom. The van der Waals surface area contributed by atoms with Crippen LogP contribution >= 0.6 is 0 Å². The number of H-pyrrole nitrogens is 1. The summed E-state index contributed by atoms with van der Waals surface area (Å²) in [6, 6.07) is 6.33. The van der Waals surface area contributed by atoms with E-state index < -0.39 is 0 Å². The summed E-state index contributed by atoms with van der Waals surface area (Å²) in [6.45, 7) is 6.90. The molecule has 4 heterocycles. The zero-order valence-electron chi connectivity index (χ0n) is 23.2. The van der Waals surface area contributed by atoms with E-state index in [-0.39, 0.29) is 11.8 Å². The normalized spacial score (nSPS) is 19.0. The van der Waals surface area contributed by atoms with Gasteiger partial charge in [-0.2, -0.15) is 0 Å². The van der Waals surface area contributed by atoms with Gasteiger partial charge < -0.3 is 35.0 Å². The number of aromatic hydroxyl groups is 1. The van der Waals surface area contributed by atoms with Crippen molar-refractivity contribution in [3.05, 3.63) is 35.7 Å². The van der Waals surface area contributed by atoms with Crippen molar-refractivity contribution in [2.75, 3.05) is 77.2 Å². The maximum Gasteiger partial charge on any atom is 0.222 e. The zero-order valence-corrected chi connectivity index (χ0v) is 23.2. The van der Waals surface area contributed by atoms with Gasteiger partial charge in [0.15, 0.2) is 5.88 Å². The number of rotatable bonds is 1. The Morgan fingerprint density at radius 1 is 0.949 bits per heavy atom. The molecule has 208 valence electrons.